The van der Waals surface area contributed by atoms with Crippen molar-refractivity contribution in [2.24, 2.45) is 5.41 Å². The highest BCUT2D eigenvalue weighted by Crippen LogP contribution is 2.34. The Kier molecular flexibility index (Phi) is 5.69. The molecule has 0 aliphatic carbocycles. The lowest BCUT2D eigenvalue weighted by molar-refractivity contribution is 0.0519. The van der Waals surface area contributed by atoms with Crippen LogP contribution in [0.1, 0.15) is 31.7 Å². The fourth-order valence-electron chi connectivity index (χ4n) is 2.86. The van der Waals surface area contributed by atoms with Gasteiger partial charge in [0.25, 0.3) is 0 Å². The van der Waals surface area contributed by atoms with Gasteiger partial charge in [-0.05, 0) is 24.7 Å². The normalized spacial score (nSPS) is 17.0. The second-order valence-electron chi connectivity index (χ2n) is 6.10. The first kappa shape index (κ1) is 18.5. The van der Waals surface area contributed by atoms with Gasteiger partial charge in [-0.2, -0.15) is 0 Å². The van der Waals surface area contributed by atoms with Crippen LogP contribution < -0.4 is 5.32 Å². The van der Waals surface area contributed by atoms with Crippen LogP contribution in [0.15, 0.2) is 6.07 Å². The molecular weight excluding hydrogens is 328 g/mol. The van der Waals surface area contributed by atoms with E-state index in [4.69, 9.17) is 0 Å². The Labute approximate surface area is 137 Å². The Morgan fingerprint density at radius 2 is 1.75 bits per heavy atom. The van der Waals surface area contributed by atoms with Crippen molar-refractivity contribution in [1.29, 1.82) is 0 Å². The minimum atomic E-state index is -1.52. The predicted octanol–water partition coefficient (Wildman–Crippen LogP) is 2.94. The smallest absolute Gasteiger partial charge is 0.317 e. The zero-order valence-corrected chi connectivity index (χ0v) is 13.3. The summed E-state index contributed by atoms with van der Waals surface area (Å²) in [7, 11) is 0. The predicted molar refractivity (Wildman–Crippen MR) is 79.1 cm³/mol. The van der Waals surface area contributed by atoms with Gasteiger partial charge in [-0.25, -0.2) is 22.4 Å². The van der Waals surface area contributed by atoms with Gasteiger partial charge in [-0.1, -0.05) is 6.92 Å². The number of piperidine rings is 1. The average Bonchev–Trinajstić information content (AvgIpc) is 2.60. The topological polar surface area (TPSA) is 52.6 Å². The maximum absolute atomic E-state index is 13.6. The van der Waals surface area contributed by atoms with Crippen molar-refractivity contribution in [3.05, 3.63) is 34.9 Å². The Balaban J connectivity index is 1.98. The van der Waals surface area contributed by atoms with Gasteiger partial charge in [0.15, 0.2) is 23.3 Å². The van der Waals surface area contributed by atoms with Gasteiger partial charge >= 0.3 is 6.03 Å². The van der Waals surface area contributed by atoms with Gasteiger partial charge in [0.2, 0.25) is 0 Å². The second-order valence-corrected chi connectivity index (χ2v) is 6.10. The van der Waals surface area contributed by atoms with Crippen LogP contribution in [0.5, 0.6) is 0 Å². The number of nitrogens with zero attached hydrogens (tertiary/aromatic N) is 1. The number of hydrogen-bond acceptors (Lipinski definition) is 2. The molecule has 0 unspecified atom stereocenters. The first-order chi connectivity index (χ1) is 11.3. The molecule has 1 heterocycles. The molecule has 1 aromatic rings. The summed E-state index contributed by atoms with van der Waals surface area (Å²) in [5.41, 5.74) is -1.06. The third-order valence-electron chi connectivity index (χ3n) is 4.82. The molecule has 2 N–H and O–H groups in total. The molecule has 0 bridgehead atoms. The molecule has 1 fully saturated rings. The number of aliphatic hydroxyl groups is 1. The number of amides is 2. The van der Waals surface area contributed by atoms with Gasteiger partial charge in [0.1, 0.15) is 0 Å². The molecule has 2 amide bonds. The number of nitrogens with one attached hydrogen (secondary N) is 1. The van der Waals surface area contributed by atoms with E-state index in [2.05, 4.69) is 5.32 Å². The zero-order chi connectivity index (χ0) is 17.9. The van der Waals surface area contributed by atoms with Crippen LogP contribution in [0.2, 0.25) is 0 Å². The summed E-state index contributed by atoms with van der Waals surface area (Å²) in [5, 5.41) is 11.7. The minimum absolute atomic E-state index is 0.0396. The molecule has 0 saturated carbocycles. The van der Waals surface area contributed by atoms with Crippen molar-refractivity contribution in [1.82, 2.24) is 10.2 Å². The molecule has 24 heavy (non-hydrogen) atoms. The fourth-order valence-corrected chi connectivity index (χ4v) is 2.86. The van der Waals surface area contributed by atoms with Crippen molar-refractivity contribution < 1.29 is 27.5 Å². The van der Waals surface area contributed by atoms with E-state index in [1.165, 1.54) is 4.90 Å². The summed E-state index contributed by atoms with van der Waals surface area (Å²) in [6, 6.07) is -0.444. The van der Waals surface area contributed by atoms with Crippen LogP contribution in [0.3, 0.4) is 0 Å². The summed E-state index contributed by atoms with van der Waals surface area (Å²) < 4.78 is 53.4. The van der Waals surface area contributed by atoms with Crippen LogP contribution in [-0.2, 0) is 6.54 Å². The molecule has 1 saturated heterocycles. The van der Waals surface area contributed by atoms with Crippen LogP contribution in [0.4, 0.5) is 22.4 Å². The van der Waals surface area contributed by atoms with Gasteiger partial charge < -0.3 is 15.3 Å². The number of likely N-dealkylation sites (tertiary alicyclic amines) is 1. The van der Waals surface area contributed by atoms with E-state index in [9.17, 15) is 27.5 Å². The van der Waals surface area contributed by atoms with Crippen LogP contribution in [0.25, 0.3) is 0 Å². The zero-order valence-electron chi connectivity index (χ0n) is 13.3. The summed E-state index contributed by atoms with van der Waals surface area (Å²) in [6.45, 7) is 2.14. The lowest BCUT2D eigenvalue weighted by atomic mass is 9.77. The molecule has 1 aromatic carbocycles. The molecular formula is C16H20F4N2O2. The number of rotatable bonds is 4. The number of carbonyl (C=O) groups excluding carboxylic acids is 1. The molecule has 8 heteroatoms. The fraction of sp³-hybridized carbons (Fsp3) is 0.562. The average molecular weight is 348 g/mol. The van der Waals surface area contributed by atoms with E-state index in [-0.39, 0.29) is 18.1 Å². The lowest BCUT2D eigenvalue weighted by Crippen LogP contribution is -2.48. The van der Waals surface area contributed by atoms with E-state index >= 15 is 0 Å². The highest BCUT2D eigenvalue weighted by atomic mass is 19.2. The number of urea groups is 1. The first-order valence-corrected chi connectivity index (χ1v) is 7.79. The van der Waals surface area contributed by atoms with E-state index in [0.29, 0.717) is 25.9 Å². The van der Waals surface area contributed by atoms with Crippen LogP contribution >= 0.6 is 0 Å². The van der Waals surface area contributed by atoms with E-state index in [1.807, 2.05) is 6.92 Å². The van der Waals surface area contributed by atoms with Gasteiger partial charge in [0.05, 0.1) is 6.54 Å². The van der Waals surface area contributed by atoms with Crippen LogP contribution in [0, 0.1) is 28.7 Å². The van der Waals surface area contributed by atoms with E-state index in [1.54, 1.807) is 0 Å². The molecule has 4 nitrogen and oxygen atoms in total. The number of carbonyl (C=O) groups is 1. The summed E-state index contributed by atoms with van der Waals surface area (Å²) in [4.78, 5) is 13.5. The standard InChI is InChI=1S/C16H20F4N2O2/c1-2-16(9-23)3-5-22(6-4-16)15(24)21-8-10-13(19)11(17)7-12(18)14(10)20/h7,23H,2-6,8-9H2,1H3,(H,21,24). The summed E-state index contributed by atoms with van der Waals surface area (Å²) >= 11 is 0. The maximum atomic E-state index is 13.6. The molecule has 0 radical (unpaired) electrons. The first-order valence-electron chi connectivity index (χ1n) is 7.79. The van der Waals surface area contributed by atoms with Crippen molar-refractivity contribution in [3.63, 3.8) is 0 Å². The molecule has 0 spiro atoms. The van der Waals surface area contributed by atoms with Crippen molar-refractivity contribution in [3.8, 4) is 0 Å². The molecule has 0 aromatic heterocycles. The van der Waals surface area contributed by atoms with Gasteiger partial charge in [-0.3, -0.25) is 0 Å². The highest BCUT2D eigenvalue weighted by molar-refractivity contribution is 5.74. The third-order valence-corrected chi connectivity index (χ3v) is 4.82. The van der Waals surface area contributed by atoms with Gasteiger partial charge in [0, 0.05) is 31.3 Å². The Hall–Kier alpha value is -1.83. The summed E-state index contributed by atoms with van der Waals surface area (Å²) in [6.07, 6.45) is 2.02. The minimum Gasteiger partial charge on any atom is -0.396 e. The lowest BCUT2D eigenvalue weighted by Gasteiger charge is -2.40. The molecule has 2 rings (SSSR count). The van der Waals surface area contributed by atoms with Gasteiger partial charge in [-0.15, -0.1) is 0 Å². The van der Waals surface area contributed by atoms with E-state index < -0.39 is 41.4 Å². The Morgan fingerprint density at radius 1 is 1.21 bits per heavy atom. The number of halogens is 4. The highest BCUT2D eigenvalue weighted by Gasteiger charge is 2.34. The molecule has 1 aliphatic heterocycles. The monoisotopic (exact) mass is 348 g/mol. The maximum Gasteiger partial charge on any atom is 0.317 e. The molecule has 134 valence electrons. The van der Waals surface area contributed by atoms with Crippen molar-refractivity contribution >= 4 is 6.03 Å². The summed E-state index contributed by atoms with van der Waals surface area (Å²) in [5.74, 6) is -6.05. The molecule has 1 aliphatic rings. The van der Waals surface area contributed by atoms with E-state index in [0.717, 1.165) is 6.42 Å². The number of aliphatic hydroxyl groups excluding tert-OH is 1. The number of hydrogen-bond donors (Lipinski definition) is 2. The SMILES string of the molecule is CCC1(CO)CCN(C(=O)NCc2c(F)c(F)cc(F)c2F)CC1. The Bertz CT molecular complexity index is 584. The quantitative estimate of drug-likeness (QED) is 0.649. The van der Waals surface area contributed by atoms with Crippen molar-refractivity contribution in [2.45, 2.75) is 32.7 Å². The second kappa shape index (κ2) is 7.38. The van der Waals surface area contributed by atoms with Crippen LogP contribution in [-0.4, -0.2) is 35.7 Å². The third kappa shape index (κ3) is 3.63. The Morgan fingerprint density at radius 3 is 2.21 bits per heavy atom. The largest absolute Gasteiger partial charge is 0.396 e. The van der Waals surface area contributed by atoms with Crippen molar-refractivity contribution in [2.75, 3.05) is 19.7 Å². The number of benzene rings is 1. The molecule has 0 atom stereocenters.